The normalized spacial score (nSPS) is 12.7. The van der Waals surface area contributed by atoms with Crippen molar-refractivity contribution in [2.45, 2.75) is 32.5 Å². The average molecular weight is 321 g/mol. The number of aryl methyl sites for hydroxylation is 1. The Hall–Kier alpha value is -2.30. The molecule has 0 aromatic heterocycles. The van der Waals surface area contributed by atoms with Crippen molar-refractivity contribution in [2.24, 2.45) is 0 Å². The molecule has 5 heteroatoms. The number of halogens is 3. The van der Waals surface area contributed by atoms with Gasteiger partial charge in [0, 0.05) is 0 Å². The predicted octanol–water partition coefficient (Wildman–Crippen LogP) is 4.43. The van der Waals surface area contributed by atoms with Crippen LogP contribution in [0.3, 0.4) is 0 Å². The van der Waals surface area contributed by atoms with Crippen molar-refractivity contribution in [2.75, 3.05) is 0 Å². The van der Waals surface area contributed by atoms with Crippen LogP contribution in [0.2, 0.25) is 0 Å². The first-order valence-corrected chi connectivity index (χ1v) is 7.28. The third kappa shape index (κ3) is 4.58. The van der Waals surface area contributed by atoms with E-state index in [1.54, 1.807) is 13.0 Å². The smallest absolute Gasteiger partial charge is 0.349 e. The molecule has 0 aliphatic heterocycles. The lowest BCUT2D eigenvalue weighted by molar-refractivity contribution is -0.137. The highest BCUT2D eigenvalue weighted by Gasteiger charge is 2.30. The number of alkyl halides is 3. The lowest BCUT2D eigenvalue weighted by Gasteiger charge is -2.16. The van der Waals surface area contributed by atoms with Crippen molar-refractivity contribution in [3.63, 3.8) is 0 Å². The van der Waals surface area contributed by atoms with Gasteiger partial charge in [0.15, 0.2) is 0 Å². The van der Waals surface area contributed by atoms with Gasteiger partial charge < -0.3 is 5.32 Å². The van der Waals surface area contributed by atoms with E-state index in [2.05, 4.69) is 5.32 Å². The van der Waals surface area contributed by atoms with Gasteiger partial charge in [-0.2, -0.15) is 13.2 Å². The Morgan fingerprint density at radius 2 is 1.83 bits per heavy atom. The molecule has 0 bridgehead atoms. The number of hydrogen-bond donors (Lipinski definition) is 1. The summed E-state index contributed by atoms with van der Waals surface area (Å²) in [5.41, 5.74) is 1.63. The molecule has 0 aliphatic rings. The summed E-state index contributed by atoms with van der Waals surface area (Å²) in [6.07, 6.45) is -4.18. The lowest BCUT2D eigenvalue weighted by atomic mass is 10.0. The molecular formula is C18H18F3NO. The topological polar surface area (TPSA) is 29.1 Å². The van der Waals surface area contributed by atoms with E-state index in [1.165, 1.54) is 6.07 Å². The van der Waals surface area contributed by atoms with Gasteiger partial charge in [-0.1, -0.05) is 36.4 Å². The van der Waals surface area contributed by atoms with Gasteiger partial charge in [-0.25, -0.2) is 0 Å². The van der Waals surface area contributed by atoms with Crippen LogP contribution in [0.5, 0.6) is 0 Å². The van der Waals surface area contributed by atoms with Crippen molar-refractivity contribution in [3.8, 4) is 0 Å². The van der Waals surface area contributed by atoms with E-state index in [4.69, 9.17) is 0 Å². The largest absolute Gasteiger partial charge is 0.416 e. The van der Waals surface area contributed by atoms with Gasteiger partial charge in [0.25, 0.3) is 0 Å². The first-order valence-electron chi connectivity index (χ1n) is 7.28. The predicted molar refractivity (Wildman–Crippen MR) is 82.9 cm³/mol. The molecule has 0 spiro atoms. The third-order valence-corrected chi connectivity index (χ3v) is 3.70. The second kappa shape index (κ2) is 6.86. The highest BCUT2D eigenvalue weighted by Crippen LogP contribution is 2.30. The van der Waals surface area contributed by atoms with Crippen molar-refractivity contribution in [1.29, 1.82) is 0 Å². The molecule has 122 valence electrons. The summed E-state index contributed by atoms with van der Waals surface area (Å²) in [4.78, 5) is 12.1. The van der Waals surface area contributed by atoms with Crippen LogP contribution in [0.25, 0.3) is 0 Å². The number of hydrogen-bond acceptors (Lipinski definition) is 1. The molecule has 1 unspecified atom stereocenters. The Balaban J connectivity index is 2.06. The van der Waals surface area contributed by atoms with Gasteiger partial charge in [0.05, 0.1) is 18.0 Å². The first kappa shape index (κ1) is 17.1. The van der Waals surface area contributed by atoms with Gasteiger partial charge in [-0.05, 0) is 42.7 Å². The second-order valence-corrected chi connectivity index (χ2v) is 5.52. The van der Waals surface area contributed by atoms with E-state index in [1.807, 2.05) is 31.2 Å². The van der Waals surface area contributed by atoms with Crippen molar-refractivity contribution >= 4 is 5.91 Å². The van der Waals surface area contributed by atoms with E-state index in [0.717, 1.165) is 23.3 Å². The number of benzene rings is 2. The number of amides is 1. The van der Waals surface area contributed by atoms with E-state index < -0.39 is 17.8 Å². The molecule has 1 atom stereocenters. The molecule has 1 N–H and O–H groups in total. The van der Waals surface area contributed by atoms with Crippen LogP contribution in [0.4, 0.5) is 13.2 Å². The molecule has 0 radical (unpaired) electrons. The summed E-state index contributed by atoms with van der Waals surface area (Å²) in [6.45, 7) is 3.59. The summed E-state index contributed by atoms with van der Waals surface area (Å²) in [6, 6.07) is 12.0. The van der Waals surface area contributed by atoms with Crippen molar-refractivity contribution in [3.05, 3.63) is 70.8 Å². The van der Waals surface area contributed by atoms with Gasteiger partial charge >= 0.3 is 6.18 Å². The monoisotopic (exact) mass is 321 g/mol. The molecule has 23 heavy (non-hydrogen) atoms. The SMILES string of the molecule is Cc1ccccc1CC(=O)NC(C)c1cccc(C(F)(F)F)c1. The summed E-state index contributed by atoms with van der Waals surface area (Å²) in [5.74, 6) is -0.218. The van der Waals surface area contributed by atoms with Gasteiger partial charge in [-0.15, -0.1) is 0 Å². The highest BCUT2D eigenvalue weighted by atomic mass is 19.4. The maximum absolute atomic E-state index is 12.7. The van der Waals surface area contributed by atoms with Crippen LogP contribution in [-0.2, 0) is 17.4 Å². The molecule has 0 heterocycles. The summed E-state index contributed by atoms with van der Waals surface area (Å²) in [7, 11) is 0. The van der Waals surface area contributed by atoms with E-state index in [-0.39, 0.29) is 12.3 Å². The fraction of sp³-hybridized carbons (Fsp3) is 0.278. The molecule has 1 amide bonds. The van der Waals surface area contributed by atoms with Crippen molar-refractivity contribution < 1.29 is 18.0 Å². The molecule has 2 nitrogen and oxygen atoms in total. The minimum atomic E-state index is -4.39. The first-order chi connectivity index (χ1) is 10.8. The van der Waals surface area contributed by atoms with Crippen LogP contribution < -0.4 is 5.32 Å². The van der Waals surface area contributed by atoms with Crippen LogP contribution >= 0.6 is 0 Å². The fourth-order valence-corrected chi connectivity index (χ4v) is 2.34. The van der Waals surface area contributed by atoms with Crippen LogP contribution in [0, 0.1) is 6.92 Å². The summed E-state index contributed by atoms with van der Waals surface area (Å²) < 4.78 is 38.2. The molecule has 0 aliphatic carbocycles. The third-order valence-electron chi connectivity index (χ3n) is 3.70. The number of carbonyl (C=O) groups excluding carboxylic acids is 1. The zero-order chi connectivity index (χ0) is 17.0. The molecule has 0 saturated heterocycles. The maximum Gasteiger partial charge on any atom is 0.416 e. The standard InChI is InChI=1S/C18H18F3NO/c1-12-6-3-4-7-14(12)11-17(23)22-13(2)15-8-5-9-16(10-15)18(19,20)21/h3-10,13H,11H2,1-2H3,(H,22,23). The molecule has 2 aromatic rings. The summed E-state index contributed by atoms with van der Waals surface area (Å²) >= 11 is 0. The number of nitrogens with one attached hydrogen (secondary N) is 1. The van der Waals surface area contributed by atoms with Gasteiger partial charge in [-0.3, -0.25) is 4.79 Å². The Morgan fingerprint density at radius 3 is 2.48 bits per heavy atom. The highest BCUT2D eigenvalue weighted by molar-refractivity contribution is 5.79. The van der Waals surface area contributed by atoms with Crippen LogP contribution in [-0.4, -0.2) is 5.91 Å². The van der Waals surface area contributed by atoms with E-state index in [0.29, 0.717) is 5.56 Å². The fourth-order valence-electron chi connectivity index (χ4n) is 2.34. The molecule has 0 saturated carbocycles. The van der Waals surface area contributed by atoms with Crippen LogP contribution in [0.15, 0.2) is 48.5 Å². The van der Waals surface area contributed by atoms with Gasteiger partial charge in [0.2, 0.25) is 5.91 Å². The minimum absolute atomic E-state index is 0.204. The van der Waals surface area contributed by atoms with Crippen LogP contribution in [0.1, 0.15) is 35.2 Å². The zero-order valence-electron chi connectivity index (χ0n) is 12.9. The Labute approximate surface area is 133 Å². The molecule has 2 aromatic carbocycles. The Kier molecular flexibility index (Phi) is 5.08. The molecule has 0 fully saturated rings. The second-order valence-electron chi connectivity index (χ2n) is 5.52. The quantitative estimate of drug-likeness (QED) is 0.886. The van der Waals surface area contributed by atoms with Crippen molar-refractivity contribution in [1.82, 2.24) is 5.32 Å². The molecule has 2 rings (SSSR count). The lowest BCUT2D eigenvalue weighted by Crippen LogP contribution is -2.28. The van der Waals surface area contributed by atoms with E-state index >= 15 is 0 Å². The Morgan fingerprint density at radius 1 is 1.13 bits per heavy atom. The number of carbonyl (C=O) groups is 1. The zero-order valence-corrected chi connectivity index (χ0v) is 12.9. The van der Waals surface area contributed by atoms with E-state index in [9.17, 15) is 18.0 Å². The molecular weight excluding hydrogens is 303 g/mol. The average Bonchev–Trinajstić information content (AvgIpc) is 2.49. The van der Waals surface area contributed by atoms with Gasteiger partial charge in [0.1, 0.15) is 0 Å². The summed E-state index contributed by atoms with van der Waals surface area (Å²) in [5, 5.41) is 2.74. The number of rotatable bonds is 4. The minimum Gasteiger partial charge on any atom is -0.349 e. The maximum atomic E-state index is 12.7. The Bertz CT molecular complexity index is 695.